The first kappa shape index (κ1) is 25.2. The van der Waals surface area contributed by atoms with Crippen molar-refractivity contribution >= 4 is 23.0 Å². The van der Waals surface area contributed by atoms with Crippen molar-refractivity contribution in [1.82, 2.24) is 20.2 Å². The highest BCUT2D eigenvalue weighted by Crippen LogP contribution is 2.41. The van der Waals surface area contributed by atoms with Crippen molar-refractivity contribution in [3.8, 4) is 0 Å². The Morgan fingerprint density at radius 2 is 1.87 bits per heavy atom. The van der Waals surface area contributed by atoms with Crippen molar-refractivity contribution < 1.29 is 23.5 Å². The highest BCUT2D eigenvalue weighted by molar-refractivity contribution is 6.04. The van der Waals surface area contributed by atoms with Crippen LogP contribution in [0.15, 0.2) is 72.8 Å². The van der Waals surface area contributed by atoms with E-state index in [0.29, 0.717) is 17.7 Å². The van der Waals surface area contributed by atoms with Gasteiger partial charge in [-0.25, -0.2) is 19.1 Å². The van der Waals surface area contributed by atoms with E-state index in [0.717, 1.165) is 41.1 Å². The van der Waals surface area contributed by atoms with E-state index < -0.39 is 29.5 Å². The van der Waals surface area contributed by atoms with Crippen molar-refractivity contribution in [2.75, 3.05) is 19.7 Å². The molecule has 0 saturated carbocycles. The van der Waals surface area contributed by atoms with E-state index in [4.69, 9.17) is 14.5 Å². The van der Waals surface area contributed by atoms with Gasteiger partial charge in [0.05, 0.1) is 29.8 Å². The van der Waals surface area contributed by atoms with Gasteiger partial charge in [0, 0.05) is 19.5 Å². The predicted molar refractivity (Wildman–Crippen MR) is 142 cm³/mol. The number of hydrogen-bond acceptors (Lipinski definition) is 6. The van der Waals surface area contributed by atoms with Gasteiger partial charge in [0.25, 0.3) is 11.5 Å². The number of ether oxygens (including phenoxy) is 2. The molecule has 2 amide bonds. The van der Waals surface area contributed by atoms with Crippen LogP contribution >= 0.6 is 0 Å². The summed E-state index contributed by atoms with van der Waals surface area (Å²) in [7, 11) is 0. The third kappa shape index (κ3) is 4.79. The summed E-state index contributed by atoms with van der Waals surface area (Å²) < 4.78 is 25.3. The highest BCUT2D eigenvalue weighted by Gasteiger charge is 2.58. The number of aromatic nitrogens is 2. The number of nitrogens with one attached hydrogen (secondary N) is 2. The molecular formula is C30H29FN4O4. The number of nitrogens with zero attached hydrogens (tertiary/aromatic N) is 2. The Hall–Kier alpha value is -4.08. The van der Waals surface area contributed by atoms with E-state index in [9.17, 15) is 14.0 Å². The van der Waals surface area contributed by atoms with Crippen molar-refractivity contribution in [2.24, 2.45) is 0 Å². The van der Waals surface area contributed by atoms with Crippen molar-refractivity contribution in [3.05, 3.63) is 101 Å². The number of amides is 2. The summed E-state index contributed by atoms with van der Waals surface area (Å²) in [5, 5.41) is 3.34. The number of hydrogen-bond donors (Lipinski definition) is 2. The second-order valence-corrected chi connectivity index (χ2v) is 10.1. The third-order valence-corrected chi connectivity index (χ3v) is 7.45. The van der Waals surface area contributed by atoms with E-state index in [1.807, 2.05) is 48.5 Å². The molecule has 2 aliphatic heterocycles. The molecule has 39 heavy (non-hydrogen) atoms. The Kier molecular flexibility index (Phi) is 6.62. The molecule has 2 saturated heterocycles. The molecule has 200 valence electrons. The van der Waals surface area contributed by atoms with E-state index >= 15 is 0 Å². The van der Waals surface area contributed by atoms with Gasteiger partial charge in [-0.15, -0.1) is 0 Å². The third-order valence-electron chi connectivity index (χ3n) is 7.45. The van der Waals surface area contributed by atoms with Crippen LogP contribution in [0.3, 0.4) is 0 Å². The van der Waals surface area contributed by atoms with E-state index in [-0.39, 0.29) is 18.3 Å². The molecule has 0 bridgehead atoms. The van der Waals surface area contributed by atoms with Gasteiger partial charge < -0.3 is 19.8 Å². The summed E-state index contributed by atoms with van der Waals surface area (Å²) in [6.07, 6.45) is 0.167. The smallest absolute Gasteiger partial charge is 0.418 e. The second kappa shape index (κ2) is 10.2. The fraction of sp³-hybridized carbons (Fsp3) is 0.300. The van der Waals surface area contributed by atoms with Crippen LogP contribution in [0.4, 0.5) is 9.18 Å². The number of imidazole rings is 1. The molecule has 2 fully saturated rings. The van der Waals surface area contributed by atoms with Gasteiger partial charge in [0.1, 0.15) is 5.82 Å². The van der Waals surface area contributed by atoms with E-state index in [1.54, 1.807) is 19.1 Å². The van der Waals surface area contributed by atoms with Gasteiger partial charge in [-0.3, -0.25) is 4.79 Å². The average molecular weight is 529 g/mol. The molecule has 4 aromatic rings. The largest absolute Gasteiger partial charge is 0.424 e. The number of carbonyl (C=O) groups excluding carboxylic acids is 2. The Labute approximate surface area is 225 Å². The summed E-state index contributed by atoms with van der Waals surface area (Å²) in [5.74, 6) is -0.650. The van der Waals surface area contributed by atoms with Crippen LogP contribution in [0.2, 0.25) is 0 Å². The zero-order chi connectivity index (χ0) is 27.0. The lowest BCUT2D eigenvalue weighted by Crippen LogP contribution is -2.42. The number of cyclic esters (lactones) is 1. The standard InChI is InChI=1S/C30H29FN4O4/c1-19(22-8-10-23(31)11-9-22)35-28(36)30(39-29(35)37,17-20-5-3-2-4-6-20)27-33-25-12-7-21(16-26(25)34-27)15-24-18-32-13-14-38-24/h2-12,16,19,24,32H,13-15,17-18H2,1H3,(H,33,34)/t19-,24?,30-/m1/s1. The number of rotatable bonds is 7. The number of halogens is 1. The molecule has 3 heterocycles. The van der Waals surface area contributed by atoms with Crippen molar-refractivity contribution in [3.63, 3.8) is 0 Å². The quantitative estimate of drug-likeness (QED) is 0.369. The first-order valence-corrected chi connectivity index (χ1v) is 13.1. The molecule has 8 nitrogen and oxygen atoms in total. The zero-order valence-corrected chi connectivity index (χ0v) is 21.5. The monoisotopic (exact) mass is 528 g/mol. The van der Waals surface area contributed by atoms with E-state index in [2.05, 4.69) is 10.3 Å². The lowest BCUT2D eigenvalue weighted by atomic mass is 9.92. The number of carbonyl (C=O) groups is 2. The van der Waals surface area contributed by atoms with E-state index in [1.165, 1.54) is 12.1 Å². The van der Waals surface area contributed by atoms with Crippen LogP contribution in [0.25, 0.3) is 11.0 Å². The Morgan fingerprint density at radius 3 is 2.62 bits per heavy atom. The number of H-pyrrole nitrogens is 1. The molecule has 3 aromatic carbocycles. The van der Waals surface area contributed by atoms with Gasteiger partial charge in [-0.1, -0.05) is 48.5 Å². The minimum absolute atomic E-state index is 0.0851. The lowest BCUT2D eigenvalue weighted by molar-refractivity contribution is -0.139. The molecule has 3 atom stereocenters. The van der Waals surface area contributed by atoms with Crippen LogP contribution in [-0.4, -0.2) is 52.7 Å². The average Bonchev–Trinajstić information content (AvgIpc) is 3.48. The summed E-state index contributed by atoms with van der Waals surface area (Å²) in [4.78, 5) is 36.6. The number of fused-ring (bicyclic) bond motifs is 1. The van der Waals surface area contributed by atoms with Gasteiger partial charge in [0.15, 0.2) is 5.82 Å². The first-order valence-electron chi connectivity index (χ1n) is 13.1. The molecule has 2 N–H and O–H groups in total. The zero-order valence-electron chi connectivity index (χ0n) is 21.5. The molecule has 6 rings (SSSR count). The van der Waals surface area contributed by atoms with Crippen LogP contribution in [0.1, 0.15) is 35.5 Å². The predicted octanol–water partition coefficient (Wildman–Crippen LogP) is 4.41. The molecule has 2 aliphatic rings. The second-order valence-electron chi connectivity index (χ2n) is 10.1. The molecule has 0 aliphatic carbocycles. The van der Waals surface area contributed by atoms with Crippen LogP contribution in [0.5, 0.6) is 0 Å². The number of aromatic amines is 1. The van der Waals surface area contributed by atoms with Crippen LogP contribution in [-0.2, 0) is 32.7 Å². The maximum absolute atomic E-state index is 14.2. The number of benzene rings is 3. The SMILES string of the molecule is C[C@H](c1ccc(F)cc1)N1C(=O)O[C@](Cc2ccccc2)(c2nc3ccc(CC4CNCCO4)cc3[nH]2)C1=O. The fourth-order valence-corrected chi connectivity index (χ4v) is 5.36. The highest BCUT2D eigenvalue weighted by atomic mass is 19.1. The van der Waals surface area contributed by atoms with Gasteiger partial charge >= 0.3 is 6.09 Å². The number of morpholine rings is 1. The number of imide groups is 1. The summed E-state index contributed by atoms with van der Waals surface area (Å²) in [6.45, 7) is 4.05. The van der Waals surface area contributed by atoms with Crippen LogP contribution in [0, 0.1) is 5.82 Å². The van der Waals surface area contributed by atoms with Crippen molar-refractivity contribution in [1.29, 1.82) is 0 Å². The Bertz CT molecular complexity index is 1500. The van der Waals surface area contributed by atoms with Gasteiger partial charge in [-0.2, -0.15) is 0 Å². The summed E-state index contributed by atoms with van der Waals surface area (Å²) in [5.41, 5.74) is 2.24. The van der Waals surface area contributed by atoms with Crippen molar-refractivity contribution in [2.45, 2.75) is 37.5 Å². The maximum Gasteiger partial charge on any atom is 0.418 e. The molecule has 1 aromatic heterocycles. The minimum atomic E-state index is -1.68. The van der Waals surface area contributed by atoms with Gasteiger partial charge in [-0.05, 0) is 54.3 Å². The normalized spacial score (nSPS) is 22.3. The Balaban J connectivity index is 1.37. The molecule has 1 unspecified atom stereocenters. The molecular weight excluding hydrogens is 499 g/mol. The summed E-state index contributed by atoms with van der Waals surface area (Å²) in [6, 6.07) is 20.4. The molecule has 0 radical (unpaired) electrons. The Morgan fingerprint density at radius 1 is 1.08 bits per heavy atom. The minimum Gasteiger partial charge on any atom is -0.424 e. The maximum atomic E-state index is 14.2. The molecule has 0 spiro atoms. The van der Waals surface area contributed by atoms with Gasteiger partial charge in [0.2, 0.25) is 0 Å². The summed E-state index contributed by atoms with van der Waals surface area (Å²) >= 11 is 0. The molecule has 9 heteroatoms. The first-order chi connectivity index (χ1) is 18.9. The van der Waals surface area contributed by atoms with Crippen LogP contribution < -0.4 is 5.32 Å². The fourth-order valence-electron chi connectivity index (χ4n) is 5.36. The topological polar surface area (TPSA) is 96.6 Å². The lowest BCUT2D eigenvalue weighted by Gasteiger charge is -2.25.